The predicted octanol–water partition coefficient (Wildman–Crippen LogP) is 1.34. The van der Waals surface area contributed by atoms with Gasteiger partial charge in [-0.2, -0.15) is 0 Å². The lowest BCUT2D eigenvalue weighted by molar-refractivity contribution is 0.430. The highest BCUT2D eigenvalue weighted by Crippen LogP contribution is 2.34. The Morgan fingerprint density at radius 3 is 2.75 bits per heavy atom. The minimum Gasteiger partial charge on any atom is -0.508 e. The fourth-order valence-corrected chi connectivity index (χ4v) is 1.30. The van der Waals surface area contributed by atoms with E-state index in [2.05, 4.69) is 0 Å². The van der Waals surface area contributed by atoms with E-state index in [9.17, 15) is 0 Å². The molecule has 0 saturated heterocycles. The fourth-order valence-electron chi connectivity index (χ4n) is 0.478. The number of rotatable bonds is 0. The molecule has 1 atom stereocenters. The quantitative estimate of drug-likeness (QED) is 0.486. The molecular weight excluding hydrogens is 123 g/mol. The summed E-state index contributed by atoms with van der Waals surface area (Å²) in [6, 6.07) is 0. The normalized spacial score (nSPS) is 27.6. The van der Waals surface area contributed by atoms with E-state index in [-0.39, 0.29) is 5.76 Å². The summed E-state index contributed by atoms with van der Waals surface area (Å²) in [5.41, 5.74) is 0. The van der Waals surface area contributed by atoms with E-state index in [1.54, 1.807) is 11.9 Å². The van der Waals surface area contributed by atoms with Gasteiger partial charge in [0, 0.05) is 6.16 Å². The molecule has 0 radical (unpaired) electrons. The van der Waals surface area contributed by atoms with Crippen molar-refractivity contribution >= 4 is 8.15 Å². The smallest absolute Gasteiger partial charge is 0.112 e. The predicted molar refractivity (Wildman–Crippen MR) is 33.9 cm³/mol. The van der Waals surface area contributed by atoms with Gasteiger partial charge in [-0.15, -0.1) is 0 Å². The number of hydrogen-bond acceptors (Lipinski definition) is 2. The van der Waals surface area contributed by atoms with Gasteiger partial charge in [0.05, 0.1) is 8.15 Å². The highest BCUT2D eigenvalue weighted by molar-refractivity contribution is 7.55. The first-order chi connectivity index (χ1) is 3.79. The van der Waals surface area contributed by atoms with Crippen LogP contribution in [-0.2, 0) is 0 Å². The van der Waals surface area contributed by atoms with Crippen LogP contribution >= 0.6 is 8.15 Å². The highest BCUT2D eigenvalue weighted by atomic mass is 31.1. The van der Waals surface area contributed by atoms with Gasteiger partial charge in [-0.3, -0.25) is 0 Å². The van der Waals surface area contributed by atoms with E-state index >= 15 is 0 Å². The van der Waals surface area contributed by atoms with Crippen LogP contribution in [0.1, 0.15) is 0 Å². The standard InChI is InChI=1S/C5H7O2P/c6-5-1-3-8(7)4-2-5/h1-3,6-7H,4H2. The van der Waals surface area contributed by atoms with Gasteiger partial charge in [-0.25, -0.2) is 0 Å². The van der Waals surface area contributed by atoms with Gasteiger partial charge in [0.1, 0.15) is 5.76 Å². The first-order valence-electron chi connectivity index (χ1n) is 2.32. The molecule has 2 N–H and O–H groups in total. The van der Waals surface area contributed by atoms with Crippen molar-refractivity contribution in [1.82, 2.24) is 0 Å². The minimum atomic E-state index is -0.935. The molecule has 3 heteroatoms. The molecule has 2 nitrogen and oxygen atoms in total. The summed E-state index contributed by atoms with van der Waals surface area (Å²) in [5, 5.41) is 8.70. The van der Waals surface area contributed by atoms with Gasteiger partial charge in [-0.1, -0.05) is 0 Å². The Morgan fingerprint density at radius 2 is 2.38 bits per heavy atom. The van der Waals surface area contributed by atoms with Crippen molar-refractivity contribution in [2.45, 2.75) is 0 Å². The van der Waals surface area contributed by atoms with Crippen molar-refractivity contribution in [3.63, 3.8) is 0 Å². The summed E-state index contributed by atoms with van der Waals surface area (Å²) >= 11 is 0. The van der Waals surface area contributed by atoms with E-state index in [0.717, 1.165) is 0 Å². The van der Waals surface area contributed by atoms with Crippen LogP contribution in [0.4, 0.5) is 0 Å². The van der Waals surface area contributed by atoms with Gasteiger partial charge in [0.2, 0.25) is 0 Å². The van der Waals surface area contributed by atoms with Crippen LogP contribution in [-0.4, -0.2) is 16.2 Å². The van der Waals surface area contributed by atoms with Gasteiger partial charge in [0.15, 0.2) is 0 Å². The maximum Gasteiger partial charge on any atom is 0.112 e. The number of allylic oxidation sites excluding steroid dienone is 2. The number of aliphatic hydroxyl groups is 1. The van der Waals surface area contributed by atoms with Crippen molar-refractivity contribution < 1.29 is 10.00 Å². The van der Waals surface area contributed by atoms with Gasteiger partial charge >= 0.3 is 0 Å². The molecule has 1 heterocycles. The van der Waals surface area contributed by atoms with Crippen molar-refractivity contribution in [3.8, 4) is 0 Å². The monoisotopic (exact) mass is 130 g/mol. The zero-order valence-electron chi connectivity index (χ0n) is 4.28. The van der Waals surface area contributed by atoms with Gasteiger partial charge in [0.25, 0.3) is 0 Å². The summed E-state index contributed by atoms with van der Waals surface area (Å²) < 4.78 is 0. The van der Waals surface area contributed by atoms with Crippen LogP contribution in [0, 0.1) is 0 Å². The topological polar surface area (TPSA) is 40.5 Å². The highest BCUT2D eigenvalue weighted by Gasteiger charge is 2.01. The lowest BCUT2D eigenvalue weighted by atomic mass is 10.4. The molecule has 1 rings (SSSR count). The maximum atomic E-state index is 8.85. The molecule has 1 unspecified atom stereocenters. The average Bonchev–Trinajstić information content (AvgIpc) is 1.77. The molecule has 44 valence electrons. The Bertz CT molecular complexity index is 139. The van der Waals surface area contributed by atoms with Crippen LogP contribution in [0.3, 0.4) is 0 Å². The van der Waals surface area contributed by atoms with Crippen LogP contribution in [0.15, 0.2) is 23.7 Å². The molecule has 0 aromatic heterocycles. The van der Waals surface area contributed by atoms with E-state index < -0.39 is 8.15 Å². The molecule has 0 bridgehead atoms. The summed E-state index contributed by atoms with van der Waals surface area (Å²) in [6.07, 6.45) is 3.73. The zero-order chi connectivity index (χ0) is 5.98. The van der Waals surface area contributed by atoms with Crippen molar-refractivity contribution in [2.75, 3.05) is 6.16 Å². The second-order valence-electron chi connectivity index (χ2n) is 1.57. The van der Waals surface area contributed by atoms with E-state index in [0.29, 0.717) is 6.16 Å². The van der Waals surface area contributed by atoms with Crippen molar-refractivity contribution in [1.29, 1.82) is 0 Å². The molecule has 1 aliphatic heterocycles. The first kappa shape index (κ1) is 5.80. The third kappa shape index (κ3) is 1.32. The molecular formula is C5H7O2P. The molecule has 8 heavy (non-hydrogen) atoms. The second-order valence-corrected chi connectivity index (χ2v) is 3.11. The van der Waals surface area contributed by atoms with E-state index in [4.69, 9.17) is 10.00 Å². The van der Waals surface area contributed by atoms with Gasteiger partial charge in [-0.05, 0) is 18.0 Å². The summed E-state index contributed by atoms with van der Waals surface area (Å²) in [7, 11) is -0.935. The lowest BCUT2D eigenvalue weighted by Crippen LogP contribution is -1.84. The fraction of sp³-hybridized carbons (Fsp3) is 0.200. The molecule has 0 aromatic carbocycles. The molecule has 0 amide bonds. The SMILES string of the molecule is OC1=CCP(O)C=C1. The van der Waals surface area contributed by atoms with Gasteiger partial charge < -0.3 is 10.00 Å². The summed E-state index contributed by atoms with van der Waals surface area (Å²) in [5.74, 6) is 1.89. The minimum absolute atomic E-state index is 0.262. The van der Waals surface area contributed by atoms with Crippen molar-refractivity contribution in [3.05, 3.63) is 23.7 Å². The first-order valence-corrected chi connectivity index (χ1v) is 3.87. The van der Waals surface area contributed by atoms with E-state index in [1.807, 2.05) is 0 Å². The molecule has 0 saturated carbocycles. The third-order valence-corrected chi connectivity index (χ3v) is 1.95. The Kier molecular flexibility index (Phi) is 1.66. The third-order valence-electron chi connectivity index (χ3n) is 0.905. The molecule has 0 spiro atoms. The van der Waals surface area contributed by atoms with E-state index in [1.165, 1.54) is 6.08 Å². The van der Waals surface area contributed by atoms with Crippen LogP contribution in [0.25, 0.3) is 0 Å². The molecule has 0 aromatic rings. The van der Waals surface area contributed by atoms with Crippen LogP contribution in [0.2, 0.25) is 0 Å². The van der Waals surface area contributed by atoms with Crippen molar-refractivity contribution in [2.24, 2.45) is 0 Å². The summed E-state index contributed by atoms with van der Waals surface area (Å²) in [4.78, 5) is 8.85. The molecule has 0 fully saturated rings. The maximum absolute atomic E-state index is 8.85. The zero-order valence-corrected chi connectivity index (χ0v) is 5.18. The van der Waals surface area contributed by atoms with Crippen LogP contribution in [0.5, 0.6) is 0 Å². The van der Waals surface area contributed by atoms with Crippen LogP contribution < -0.4 is 0 Å². The number of aliphatic hydroxyl groups excluding tert-OH is 1. The Balaban J connectivity index is 2.58. The molecule has 1 aliphatic rings. The largest absolute Gasteiger partial charge is 0.508 e. The Morgan fingerprint density at radius 1 is 1.62 bits per heavy atom. The summed E-state index contributed by atoms with van der Waals surface area (Å²) in [6.45, 7) is 0. The molecule has 0 aliphatic carbocycles. The Hall–Kier alpha value is -0.330. The second kappa shape index (κ2) is 2.29. The lowest BCUT2D eigenvalue weighted by Gasteiger charge is -2.04. The number of hydrogen-bond donors (Lipinski definition) is 2. The Labute approximate surface area is 49.0 Å². The average molecular weight is 130 g/mol.